The van der Waals surface area contributed by atoms with Crippen LogP contribution in [0.25, 0.3) is 0 Å². The number of piperazine rings is 1. The van der Waals surface area contributed by atoms with Crippen LogP contribution < -0.4 is 14.4 Å². The molecular weight excluding hydrogens is 364 g/mol. The van der Waals surface area contributed by atoms with Crippen molar-refractivity contribution in [3.63, 3.8) is 0 Å². The van der Waals surface area contributed by atoms with Gasteiger partial charge in [0.15, 0.2) is 11.5 Å². The number of aliphatic hydroxyl groups is 1. The Hall–Kier alpha value is -2.52. The molecule has 154 valence electrons. The van der Waals surface area contributed by atoms with Gasteiger partial charge in [0.1, 0.15) is 6.54 Å². The number of methoxy groups -OCH3 is 2. The van der Waals surface area contributed by atoms with Gasteiger partial charge in [-0.05, 0) is 12.1 Å². The van der Waals surface area contributed by atoms with Crippen LogP contribution >= 0.6 is 0 Å². The second kappa shape index (κ2) is 9.11. The molecule has 1 aromatic carbocycles. The first-order valence-electron chi connectivity index (χ1n) is 9.47. The van der Waals surface area contributed by atoms with Crippen LogP contribution in [0.1, 0.15) is 0 Å². The second-order valence-corrected chi connectivity index (χ2v) is 6.84. The van der Waals surface area contributed by atoms with Crippen molar-refractivity contribution >= 4 is 17.6 Å². The Balaban J connectivity index is 1.58. The molecule has 2 fully saturated rings. The maximum atomic E-state index is 12.8. The zero-order chi connectivity index (χ0) is 20.1. The Morgan fingerprint density at radius 3 is 2.39 bits per heavy atom. The first-order valence-corrected chi connectivity index (χ1v) is 9.47. The molecule has 3 amide bonds. The Morgan fingerprint density at radius 1 is 1.04 bits per heavy atom. The normalized spacial score (nSPS) is 18.0. The third-order valence-corrected chi connectivity index (χ3v) is 5.24. The molecule has 9 nitrogen and oxygen atoms in total. The lowest BCUT2D eigenvalue weighted by atomic mass is 10.2. The van der Waals surface area contributed by atoms with Crippen molar-refractivity contribution in [2.75, 3.05) is 78.1 Å². The fourth-order valence-electron chi connectivity index (χ4n) is 3.59. The molecule has 0 unspecified atom stereocenters. The molecule has 1 aromatic rings. The van der Waals surface area contributed by atoms with Gasteiger partial charge in [-0.3, -0.25) is 14.6 Å². The topological polar surface area (TPSA) is 85.8 Å². The third kappa shape index (κ3) is 4.31. The summed E-state index contributed by atoms with van der Waals surface area (Å²) in [5.41, 5.74) is 0.718. The van der Waals surface area contributed by atoms with E-state index in [1.165, 1.54) is 0 Å². The molecule has 9 heteroatoms. The van der Waals surface area contributed by atoms with Crippen molar-refractivity contribution in [1.82, 2.24) is 14.7 Å². The molecule has 0 saturated carbocycles. The minimum atomic E-state index is -0.181. The minimum Gasteiger partial charge on any atom is -0.493 e. The van der Waals surface area contributed by atoms with Gasteiger partial charge in [0.2, 0.25) is 5.91 Å². The largest absolute Gasteiger partial charge is 0.493 e. The number of rotatable bonds is 7. The first-order chi connectivity index (χ1) is 13.6. The Bertz CT molecular complexity index is 706. The molecule has 0 spiro atoms. The van der Waals surface area contributed by atoms with Crippen LogP contribution in [0, 0.1) is 0 Å². The van der Waals surface area contributed by atoms with Crippen molar-refractivity contribution in [2.24, 2.45) is 0 Å². The van der Waals surface area contributed by atoms with Gasteiger partial charge in [0.05, 0.1) is 20.8 Å². The zero-order valence-corrected chi connectivity index (χ0v) is 16.5. The number of β-amino-alcohol motifs (C(OH)–C–C–N with tert-alkyl or cyclic N) is 1. The van der Waals surface area contributed by atoms with E-state index in [0.717, 1.165) is 18.8 Å². The van der Waals surface area contributed by atoms with Crippen LogP contribution in [0.3, 0.4) is 0 Å². The van der Waals surface area contributed by atoms with Gasteiger partial charge in [-0.2, -0.15) is 0 Å². The zero-order valence-electron chi connectivity index (χ0n) is 16.5. The molecule has 28 heavy (non-hydrogen) atoms. The monoisotopic (exact) mass is 392 g/mol. The van der Waals surface area contributed by atoms with Crippen LogP contribution in [0.15, 0.2) is 18.2 Å². The molecule has 2 saturated heterocycles. The smallest absolute Gasteiger partial charge is 0.325 e. The minimum absolute atomic E-state index is 0.0360. The number of aliphatic hydroxyl groups excluding tert-OH is 1. The fraction of sp³-hybridized carbons (Fsp3) is 0.579. The van der Waals surface area contributed by atoms with Gasteiger partial charge >= 0.3 is 6.03 Å². The van der Waals surface area contributed by atoms with Gasteiger partial charge in [0.25, 0.3) is 0 Å². The van der Waals surface area contributed by atoms with Gasteiger partial charge in [0, 0.05) is 57.6 Å². The predicted molar refractivity (Wildman–Crippen MR) is 104 cm³/mol. The summed E-state index contributed by atoms with van der Waals surface area (Å²) >= 11 is 0. The van der Waals surface area contributed by atoms with E-state index in [2.05, 4.69) is 4.90 Å². The van der Waals surface area contributed by atoms with E-state index in [9.17, 15) is 9.59 Å². The van der Waals surface area contributed by atoms with Crippen LogP contribution in [0.5, 0.6) is 11.5 Å². The van der Waals surface area contributed by atoms with E-state index >= 15 is 0 Å². The van der Waals surface area contributed by atoms with Crippen molar-refractivity contribution in [3.8, 4) is 11.5 Å². The lowest BCUT2D eigenvalue weighted by Crippen LogP contribution is -2.52. The van der Waals surface area contributed by atoms with Gasteiger partial charge in [-0.15, -0.1) is 0 Å². The summed E-state index contributed by atoms with van der Waals surface area (Å²) in [6.45, 7) is 4.61. The second-order valence-electron chi connectivity index (χ2n) is 6.84. The van der Waals surface area contributed by atoms with E-state index in [1.54, 1.807) is 41.1 Å². The Kier molecular flexibility index (Phi) is 6.58. The summed E-state index contributed by atoms with van der Waals surface area (Å²) in [5.74, 6) is 1.12. The Labute approximate surface area is 165 Å². The lowest BCUT2D eigenvalue weighted by Gasteiger charge is -2.35. The maximum Gasteiger partial charge on any atom is 0.325 e. The molecular formula is C19H28N4O5. The summed E-state index contributed by atoms with van der Waals surface area (Å²) in [6.07, 6.45) is 0. The number of nitrogens with zero attached hydrogens (tertiary/aromatic N) is 4. The SMILES string of the molecule is COc1ccc(N2CCN(CC(=O)N3CCN(CCO)CC3)C2=O)cc1OC. The summed E-state index contributed by atoms with van der Waals surface area (Å²) in [6, 6.07) is 5.16. The van der Waals surface area contributed by atoms with Crippen molar-refractivity contribution in [1.29, 1.82) is 0 Å². The fourth-order valence-corrected chi connectivity index (χ4v) is 3.59. The van der Waals surface area contributed by atoms with Crippen LogP contribution in [0.2, 0.25) is 0 Å². The number of hydrogen-bond acceptors (Lipinski definition) is 6. The lowest BCUT2D eigenvalue weighted by molar-refractivity contribution is -0.133. The molecule has 0 bridgehead atoms. The van der Waals surface area contributed by atoms with Gasteiger partial charge < -0.3 is 24.4 Å². The average Bonchev–Trinajstić information content (AvgIpc) is 3.08. The highest BCUT2D eigenvalue weighted by molar-refractivity contribution is 5.96. The molecule has 3 rings (SSSR count). The average molecular weight is 392 g/mol. The highest BCUT2D eigenvalue weighted by Gasteiger charge is 2.33. The van der Waals surface area contributed by atoms with Gasteiger partial charge in [-0.25, -0.2) is 4.79 Å². The standard InChI is InChI=1S/C19H28N4O5/c1-27-16-4-3-15(13-17(16)28-2)23-10-9-22(19(23)26)14-18(25)21-7-5-20(6-8-21)11-12-24/h3-4,13,24H,5-12,14H2,1-2H3. The maximum absolute atomic E-state index is 12.8. The summed E-state index contributed by atoms with van der Waals surface area (Å²) in [4.78, 5) is 32.5. The number of hydrogen-bond donors (Lipinski definition) is 1. The number of urea groups is 1. The number of amides is 3. The number of carbonyl (C=O) groups is 2. The molecule has 0 radical (unpaired) electrons. The van der Waals surface area contributed by atoms with Gasteiger partial charge in [-0.1, -0.05) is 0 Å². The number of carbonyl (C=O) groups excluding carboxylic acids is 2. The number of ether oxygens (including phenoxy) is 2. The highest BCUT2D eigenvalue weighted by Crippen LogP contribution is 2.32. The number of benzene rings is 1. The van der Waals surface area contributed by atoms with E-state index in [-0.39, 0.29) is 25.1 Å². The summed E-state index contributed by atoms with van der Waals surface area (Å²) in [5, 5.41) is 9.01. The molecule has 2 aliphatic heterocycles. The van der Waals surface area contributed by atoms with E-state index in [1.807, 2.05) is 6.07 Å². The molecule has 0 aliphatic carbocycles. The van der Waals surface area contributed by atoms with Crippen LogP contribution in [-0.2, 0) is 4.79 Å². The quantitative estimate of drug-likeness (QED) is 0.708. The van der Waals surface area contributed by atoms with Crippen molar-refractivity contribution in [2.45, 2.75) is 0 Å². The van der Waals surface area contributed by atoms with Crippen molar-refractivity contribution < 1.29 is 24.2 Å². The third-order valence-electron chi connectivity index (χ3n) is 5.24. The molecule has 2 heterocycles. The first kappa shape index (κ1) is 20.2. The molecule has 0 atom stereocenters. The van der Waals surface area contributed by atoms with E-state index < -0.39 is 0 Å². The van der Waals surface area contributed by atoms with E-state index in [4.69, 9.17) is 14.6 Å². The molecule has 1 N–H and O–H groups in total. The Morgan fingerprint density at radius 2 is 1.75 bits per heavy atom. The predicted octanol–water partition coefficient (Wildman–Crippen LogP) is 0.0823. The van der Waals surface area contributed by atoms with Crippen molar-refractivity contribution in [3.05, 3.63) is 18.2 Å². The summed E-state index contributed by atoms with van der Waals surface area (Å²) < 4.78 is 10.5. The highest BCUT2D eigenvalue weighted by atomic mass is 16.5. The van der Waals surface area contributed by atoms with Crippen LogP contribution in [-0.4, -0.2) is 105 Å². The van der Waals surface area contributed by atoms with Crippen LogP contribution in [0.4, 0.5) is 10.5 Å². The summed E-state index contributed by atoms with van der Waals surface area (Å²) in [7, 11) is 3.12. The molecule has 2 aliphatic rings. The van der Waals surface area contributed by atoms with E-state index in [0.29, 0.717) is 44.2 Å². The molecule has 0 aromatic heterocycles. The number of anilines is 1.